The Kier molecular flexibility index (Phi) is 2.87. The molecular weight excluding hydrogens is 330 g/mol. The molecule has 0 saturated carbocycles. The zero-order chi connectivity index (χ0) is 17.0. The second-order valence-electron chi connectivity index (χ2n) is 5.62. The van der Waals surface area contributed by atoms with Gasteiger partial charge < -0.3 is 9.47 Å². The van der Waals surface area contributed by atoms with E-state index in [9.17, 15) is 8.78 Å². The maximum atomic E-state index is 14.2. The molecule has 25 heavy (non-hydrogen) atoms. The number of halogens is 2. The lowest BCUT2D eigenvalue weighted by atomic mass is 10.1. The first-order chi connectivity index (χ1) is 12.2. The van der Waals surface area contributed by atoms with Crippen molar-refractivity contribution in [1.29, 1.82) is 0 Å². The zero-order valence-electron chi connectivity index (χ0n) is 12.7. The second kappa shape index (κ2) is 5.10. The first-order valence-corrected chi connectivity index (χ1v) is 7.48. The van der Waals surface area contributed by atoms with Crippen LogP contribution in [0.15, 0.2) is 30.3 Å². The third-order valence-electron chi connectivity index (χ3n) is 4.05. The summed E-state index contributed by atoms with van der Waals surface area (Å²) in [5.41, 5.74) is 1.32. The van der Waals surface area contributed by atoms with Crippen LogP contribution in [0.1, 0.15) is 11.4 Å². The Morgan fingerprint density at radius 2 is 2.00 bits per heavy atom. The predicted octanol–water partition coefficient (Wildman–Crippen LogP) is 2.68. The topological polar surface area (TPSA) is 61.5 Å². The fraction of sp³-hybridized carbons (Fsp3) is 0.118. The fourth-order valence-corrected chi connectivity index (χ4v) is 2.95. The number of hydrogen-bond acceptors (Lipinski definition) is 5. The van der Waals surface area contributed by atoms with Gasteiger partial charge in [-0.15, -0.1) is 5.10 Å². The first-order valence-electron chi connectivity index (χ1n) is 7.48. The monoisotopic (exact) mass is 339 g/mol. The van der Waals surface area contributed by atoms with E-state index in [1.807, 2.05) is 18.2 Å². The van der Waals surface area contributed by atoms with Gasteiger partial charge in [0.25, 0.3) is 0 Å². The highest BCUT2D eigenvalue weighted by atomic mass is 19.1. The summed E-state index contributed by atoms with van der Waals surface area (Å²) in [6.07, 6.45) is 2.83. The van der Waals surface area contributed by atoms with Gasteiger partial charge in [-0.05, 0) is 17.7 Å². The Bertz CT molecular complexity index is 1140. The van der Waals surface area contributed by atoms with Gasteiger partial charge in [0, 0.05) is 18.6 Å². The number of benzene rings is 2. The molecule has 0 spiro atoms. The third-order valence-corrected chi connectivity index (χ3v) is 4.05. The number of nitrogens with zero attached hydrogens (tertiary/aromatic N) is 4. The van der Waals surface area contributed by atoms with Crippen molar-refractivity contribution in [2.24, 2.45) is 0 Å². The lowest BCUT2D eigenvalue weighted by Gasteiger charge is -2.08. The van der Waals surface area contributed by atoms with Crippen molar-refractivity contribution in [3.8, 4) is 11.5 Å². The summed E-state index contributed by atoms with van der Waals surface area (Å²) >= 11 is 0. The fourth-order valence-electron chi connectivity index (χ4n) is 2.95. The highest BCUT2D eigenvalue weighted by Crippen LogP contribution is 2.33. The van der Waals surface area contributed by atoms with E-state index in [1.54, 1.807) is 0 Å². The summed E-state index contributed by atoms with van der Waals surface area (Å²) in [7, 11) is 0. The number of rotatable bonds is 2. The zero-order valence-corrected chi connectivity index (χ0v) is 12.7. The summed E-state index contributed by atoms with van der Waals surface area (Å²) in [6.45, 7) is 0.188. The van der Waals surface area contributed by atoms with Crippen molar-refractivity contribution in [1.82, 2.24) is 19.6 Å². The van der Waals surface area contributed by atoms with Crippen LogP contribution in [0.5, 0.6) is 11.5 Å². The van der Waals surface area contributed by atoms with Crippen molar-refractivity contribution in [3.63, 3.8) is 0 Å². The van der Waals surface area contributed by atoms with Crippen molar-refractivity contribution in [2.75, 3.05) is 6.79 Å². The summed E-state index contributed by atoms with van der Waals surface area (Å²) in [5.74, 6) is 0.387. The molecule has 0 saturated heterocycles. The number of hydrogen-bond donors (Lipinski definition) is 0. The van der Waals surface area contributed by atoms with Crippen molar-refractivity contribution < 1.29 is 18.3 Å². The van der Waals surface area contributed by atoms with Crippen LogP contribution < -0.4 is 9.47 Å². The van der Waals surface area contributed by atoms with Gasteiger partial charge in [-0.2, -0.15) is 4.52 Å². The van der Waals surface area contributed by atoms with Crippen molar-refractivity contribution in [3.05, 3.63) is 59.7 Å². The molecule has 1 aliphatic heterocycles. The van der Waals surface area contributed by atoms with E-state index in [4.69, 9.17) is 9.47 Å². The largest absolute Gasteiger partial charge is 0.454 e. The Labute approximate surface area is 139 Å². The molecule has 2 aromatic heterocycles. The number of aromatic nitrogens is 4. The minimum Gasteiger partial charge on any atom is -0.454 e. The SMILES string of the molecule is Fc1cc(F)c2c(c1)nc(Cc1ccc3c(c1)OCO3)n1n[c]nc21. The lowest BCUT2D eigenvalue weighted by Crippen LogP contribution is -2.05. The van der Waals surface area contributed by atoms with Gasteiger partial charge in [-0.1, -0.05) is 6.07 Å². The van der Waals surface area contributed by atoms with Crippen LogP contribution in [0, 0.1) is 18.0 Å². The first kappa shape index (κ1) is 14.1. The average Bonchev–Trinajstić information content (AvgIpc) is 3.22. The predicted molar refractivity (Wildman–Crippen MR) is 82.4 cm³/mol. The molecule has 0 fully saturated rings. The van der Waals surface area contributed by atoms with Crippen LogP contribution in [0.25, 0.3) is 16.6 Å². The van der Waals surface area contributed by atoms with E-state index in [0.717, 1.165) is 11.6 Å². The van der Waals surface area contributed by atoms with Crippen LogP contribution >= 0.6 is 0 Å². The molecule has 0 amide bonds. The Balaban J connectivity index is 1.68. The van der Waals surface area contributed by atoms with E-state index < -0.39 is 11.6 Å². The van der Waals surface area contributed by atoms with Crippen LogP contribution in [0.4, 0.5) is 8.78 Å². The third kappa shape index (κ3) is 2.18. The molecule has 0 N–H and O–H groups in total. The minimum atomic E-state index is -0.733. The summed E-state index contributed by atoms with van der Waals surface area (Å²) < 4.78 is 39.8. The molecule has 0 unspecified atom stereocenters. The van der Waals surface area contributed by atoms with E-state index in [-0.39, 0.29) is 23.3 Å². The quantitative estimate of drug-likeness (QED) is 0.562. The molecule has 3 heterocycles. The lowest BCUT2D eigenvalue weighted by molar-refractivity contribution is 0.174. The molecule has 0 bridgehead atoms. The molecule has 5 rings (SSSR count). The minimum absolute atomic E-state index is 0.115. The highest BCUT2D eigenvalue weighted by Gasteiger charge is 2.18. The molecule has 1 radical (unpaired) electrons. The van der Waals surface area contributed by atoms with E-state index in [2.05, 4.69) is 21.4 Å². The summed E-state index contributed by atoms with van der Waals surface area (Å²) in [4.78, 5) is 8.35. The van der Waals surface area contributed by atoms with Crippen molar-refractivity contribution in [2.45, 2.75) is 6.42 Å². The molecule has 0 aliphatic carbocycles. The number of ether oxygens (including phenoxy) is 2. The summed E-state index contributed by atoms with van der Waals surface area (Å²) in [5, 5.41) is 4.12. The van der Waals surface area contributed by atoms with Gasteiger partial charge in [0.05, 0.1) is 10.9 Å². The van der Waals surface area contributed by atoms with Gasteiger partial charge >= 0.3 is 0 Å². The molecule has 8 heteroatoms. The Morgan fingerprint density at radius 3 is 2.92 bits per heavy atom. The molecule has 2 aromatic carbocycles. The van der Waals surface area contributed by atoms with Crippen LogP contribution in [-0.2, 0) is 6.42 Å². The van der Waals surface area contributed by atoms with Gasteiger partial charge in [0.15, 0.2) is 17.1 Å². The van der Waals surface area contributed by atoms with Crippen LogP contribution in [0.2, 0.25) is 0 Å². The standard InChI is InChI=1S/C17H9F2N4O2/c18-10-5-11(19)16-12(6-10)22-15(23-17(16)20-7-21-23)4-9-1-2-13-14(3-9)25-8-24-13/h1-3,5-6H,4,8H2. The van der Waals surface area contributed by atoms with Gasteiger partial charge in [-0.3, -0.25) is 0 Å². The molecule has 0 atom stereocenters. The molecule has 4 aromatic rings. The van der Waals surface area contributed by atoms with Gasteiger partial charge in [-0.25, -0.2) is 18.7 Å². The Morgan fingerprint density at radius 1 is 1.12 bits per heavy atom. The molecule has 6 nitrogen and oxygen atoms in total. The molecule has 1 aliphatic rings. The van der Waals surface area contributed by atoms with E-state index in [1.165, 1.54) is 10.6 Å². The normalized spacial score (nSPS) is 13.0. The van der Waals surface area contributed by atoms with Gasteiger partial charge in [0.1, 0.15) is 17.5 Å². The average molecular weight is 339 g/mol. The Hall–Kier alpha value is -3.29. The van der Waals surface area contributed by atoms with Crippen LogP contribution in [0.3, 0.4) is 0 Å². The maximum Gasteiger partial charge on any atom is 0.231 e. The maximum absolute atomic E-state index is 14.2. The molecular formula is C17H9F2N4O2. The van der Waals surface area contributed by atoms with Crippen molar-refractivity contribution >= 4 is 16.6 Å². The molecule has 123 valence electrons. The van der Waals surface area contributed by atoms with E-state index >= 15 is 0 Å². The summed E-state index contributed by atoms with van der Waals surface area (Å²) in [6, 6.07) is 7.50. The number of fused-ring (bicyclic) bond motifs is 4. The second-order valence-corrected chi connectivity index (χ2v) is 5.62. The van der Waals surface area contributed by atoms with Crippen LogP contribution in [-0.4, -0.2) is 26.4 Å². The highest BCUT2D eigenvalue weighted by molar-refractivity contribution is 5.91. The van der Waals surface area contributed by atoms with Gasteiger partial charge in [0.2, 0.25) is 13.1 Å². The smallest absolute Gasteiger partial charge is 0.231 e. The van der Waals surface area contributed by atoms with E-state index in [0.29, 0.717) is 23.7 Å².